The number of pyridine rings is 2. The van der Waals surface area contributed by atoms with E-state index in [1.807, 2.05) is 19.1 Å². The lowest BCUT2D eigenvalue weighted by molar-refractivity contribution is 0.0889. The molecule has 0 aromatic carbocycles. The zero-order chi connectivity index (χ0) is 22.8. The summed E-state index contributed by atoms with van der Waals surface area (Å²) in [5.74, 6) is 0.247. The largest absolute Gasteiger partial charge is 0.345 e. The van der Waals surface area contributed by atoms with Gasteiger partial charge in [-0.05, 0) is 63.3 Å². The number of carbonyl (C=O) groups excluding carboxylic acids is 1. The Labute approximate surface area is 186 Å². The number of nitrogens with zero attached hydrogens (tertiary/aromatic N) is 4. The fraction of sp³-hybridized carbons (Fsp3) is 0.375. The lowest BCUT2D eigenvalue weighted by atomic mass is 9.80. The monoisotopic (exact) mass is 435 g/mol. The van der Waals surface area contributed by atoms with E-state index in [2.05, 4.69) is 33.9 Å². The van der Waals surface area contributed by atoms with Crippen LogP contribution >= 0.6 is 0 Å². The maximum Gasteiger partial charge on any atom is 0.270 e. The maximum absolute atomic E-state index is 13.2. The van der Waals surface area contributed by atoms with Crippen molar-refractivity contribution in [3.05, 3.63) is 72.4 Å². The van der Waals surface area contributed by atoms with E-state index in [-0.39, 0.29) is 17.0 Å². The number of aryl methyl sites for hydroxylation is 1. The first-order valence-electron chi connectivity index (χ1n) is 10.7. The van der Waals surface area contributed by atoms with Crippen molar-refractivity contribution in [2.45, 2.75) is 56.9 Å². The topological polar surface area (TPSA) is 93.8 Å². The highest BCUT2D eigenvalue weighted by Crippen LogP contribution is 2.49. The fourth-order valence-corrected chi connectivity index (χ4v) is 4.52. The van der Waals surface area contributed by atoms with Gasteiger partial charge in [-0.2, -0.15) is 4.98 Å². The number of amides is 1. The molecule has 1 aliphatic carbocycles. The smallest absolute Gasteiger partial charge is 0.270 e. The second-order valence-corrected chi connectivity index (χ2v) is 8.51. The Morgan fingerprint density at radius 1 is 1.25 bits per heavy atom. The van der Waals surface area contributed by atoms with Crippen LogP contribution in [0.25, 0.3) is 11.4 Å². The quantitative estimate of drug-likeness (QED) is 0.547. The lowest BCUT2D eigenvalue weighted by Crippen LogP contribution is -2.47. The van der Waals surface area contributed by atoms with Gasteiger partial charge in [0, 0.05) is 23.0 Å². The van der Waals surface area contributed by atoms with Gasteiger partial charge in [-0.1, -0.05) is 18.2 Å². The molecule has 8 heteroatoms. The van der Waals surface area contributed by atoms with Gasteiger partial charge in [0.25, 0.3) is 5.91 Å². The van der Waals surface area contributed by atoms with Crippen molar-refractivity contribution < 1.29 is 13.7 Å². The van der Waals surface area contributed by atoms with E-state index in [9.17, 15) is 9.18 Å². The van der Waals surface area contributed by atoms with Gasteiger partial charge in [0.1, 0.15) is 11.5 Å². The summed E-state index contributed by atoms with van der Waals surface area (Å²) in [5, 5.41) is 7.32. The minimum atomic E-state index is -0.523. The molecule has 0 radical (unpaired) electrons. The molecule has 2 atom stereocenters. The third kappa shape index (κ3) is 4.17. The van der Waals surface area contributed by atoms with Crippen LogP contribution in [0.3, 0.4) is 0 Å². The molecule has 1 fully saturated rings. The molecular formula is C24H26FN5O2. The van der Waals surface area contributed by atoms with Gasteiger partial charge in [-0.3, -0.25) is 9.78 Å². The molecule has 1 aliphatic rings. The molecule has 166 valence electrons. The molecule has 0 aliphatic heterocycles. The van der Waals surface area contributed by atoms with Crippen molar-refractivity contribution in [3.63, 3.8) is 0 Å². The van der Waals surface area contributed by atoms with Gasteiger partial charge in [0.05, 0.1) is 11.6 Å². The molecule has 0 spiro atoms. The van der Waals surface area contributed by atoms with Crippen LogP contribution in [-0.2, 0) is 5.41 Å². The molecule has 0 saturated heterocycles. The van der Waals surface area contributed by atoms with E-state index < -0.39 is 11.4 Å². The molecule has 2 unspecified atom stereocenters. The summed E-state index contributed by atoms with van der Waals surface area (Å²) in [6.07, 6.45) is 8.08. The molecule has 3 aromatic rings. The predicted octanol–water partition coefficient (Wildman–Crippen LogP) is 4.55. The Morgan fingerprint density at radius 2 is 2.09 bits per heavy atom. The molecule has 7 nitrogen and oxygen atoms in total. The van der Waals surface area contributed by atoms with E-state index in [4.69, 9.17) is 9.51 Å². The minimum Gasteiger partial charge on any atom is -0.345 e. The zero-order valence-electron chi connectivity index (χ0n) is 18.3. The normalized spacial score (nSPS) is 22.6. The van der Waals surface area contributed by atoms with Crippen LogP contribution in [0.1, 0.15) is 61.1 Å². The standard InChI is InChI=1S/C24H26FN5O2/c1-4-10-24(29-21(31)19-9-8-18(25)14-27-19)12-11-23(5-2,15-24)22-28-20(30-32-22)17-7-6-16(3)26-13-17/h4,6-9,13-14H,1,5,10-12,15H2,2-3H3,(H,29,31). The maximum atomic E-state index is 13.2. The van der Waals surface area contributed by atoms with Crippen LogP contribution in [0.5, 0.6) is 0 Å². The van der Waals surface area contributed by atoms with Gasteiger partial charge in [0.15, 0.2) is 0 Å². The first kappa shape index (κ1) is 21.8. The van der Waals surface area contributed by atoms with Gasteiger partial charge in [0.2, 0.25) is 11.7 Å². The highest BCUT2D eigenvalue weighted by Gasteiger charge is 2.51. The number of aromatic nitrogens is 4. The third-order valence-corrected chi connectivity index (χ3v) is 6.36. The number of hydrogen-bond donors (Lipinski definition) is 1. The SMILES string of the molecule is C=CCC1(NC(=O)c2ccc(F)cn2)CCC(CC)(c2nc(-c3ccc(C)nc3)no2)C1. The van der Waals surface area contributed by atoms with Crippen molar-refractivity contribution in [1.29, 1.82) is 0 Å². The van der Waals surface area contributed by atoms with Gasteiger partial charge < -0.3 is 9.84 Å². The number of halogens is 1. The zero-order valence-corrected chi connectivity index (χ0v) is 18.3. The average Bonchev–Trinajstić information content (AvgIpc) is 3.42. The molecule has 1 amide bonds. The summed E-state index contributed by atoms with van der Waals surface area (Å²) in [5.41, 5.74) is 0.999. The second kappa shape index (κ2) is 8.61. The first-order chi connectivity index (χ1) is 15.4. The average molecular weight is 436 g/mol. The third-order valence-electron chi connectivity index (χ3n) is 6.36. The van der Waals surface area contributed by atoms with Crippen LogP contribution in [0, 0.1) is 12.7 Å². The first-order valence-corrected chi connectivity index (χ1v) is 10.7. The highest BCUT2D eigenvalue weighted by atomic mass is 19.1. The van der Waals surface area contributed by atoms with Crippen LogP contribution < -0.4 is 5.32 Å². The van der Waals surface area contributed by atoms with Gasteiger partial charge >= 0.3 is 0 Å². The van der Waals surface area contributed by atoms with Crippen molar-refractivity contribution in [1.82, 2.24) is 25.4 Å². The van der Waals surface area contributed by atoms with Gasteiger partial charge in [-0.15, -0.1) is 6.58 Å². The molecule has 1 N–H and O–H groups in total. The number of hydrogen-bond acceptors (Lipinski definition) is 6. The Hall–Kier alpha value is -3.42. The summed E-state index contributed by atoms with van der Waals surface area (Å²) in [6.45, 7) is 7.89. The predicted molar refractivity (Wildman–Crippen MR) is 117 cm³/mol. The minimum absolute atomic E-state index is 0.177. The highest BCUT2D eigenvalue weighted by molar-refractivity contribution is 5.92. The summed E-state index contributed by atoms with van der Waals surface area (Å²) in [7, 11) is 0. The van der Waals surface area contributed by atoms with Crippen LogP contribution in [0.4, 0.5) is 4.39 Å². The Kier molecular flexibility index (Phi) is 5.86. The van der Waals surface area contributed by atoms with E-state index in [1.165, 1.54) is 12.1 Å². The van der Waals surface area contributed by atoms with Crippen molar-refractivity contribution in [2.75, 3.05) is 0 Å². The summed E-state index contributed by atoms with van der Waals surface area (Å²) < 4.78 is 18.9. The Balaban J connectivity index is 1.59. The van der Waals surface area contributed by atoms with Crippen molar-refractivity contribution >= 4 is 5.91 Å². The Bertz CT molecular complexity index is 1110. The van der Waals surface area contributed by atoms with Crippen molar-refractivity contribution in [2.24, 2.45) is 0 Å². The summed E-state index contributed by atoms with van der Waals surface area (Å²) in [4.78, 5) is 25.8. The van der Waals surface area contributed by atoms with Gasteiger partial charge in [-0.25, -0.2) is 9.37 Å². The van der Waals surface area contributed by atoms with Crippen LogP contribution in [0.15, 0.2) is 53.8 Å². The Morgan fingerprint density at radius 3 is 2.75 bits per heavy atom. The molecule has 32 heavy (non-hydrogen) atoms. The van der Waals surface area contributed by atoms with E-state index in [0.717, 1.165) is 36.7 Å². The van der Waals surface area contributed by atoms with E-state index in [0.29, 0.717) is 24.6 Å². The molecular weight excluding hydrogens is 409 g/mol. The molecule has 3 heterocycles. The second-order valence-electron chi connectivity index (χ2n) is 8.51. The lowest BCUT2D eigenvalue weighted by Gasteiger charge is -2.32. The van der Waals surface area contributed by atoms with Crippen LogP contribution in [0.2, 0.25) is 0 Å². The number of rotatable bonds is 7. The van der Waals surface area contributed by atoms with Crippen LogP contribution in [-0.4, -0.2) is 31.6 Å². The van der Waals surface area contributed by atoms with Crippen molar-refractivity contribution in [3.8, 4) is 11.4 Å². The summed E-state index contributed by atoms with van der Waals surface area (Å²) >= 11 is 0. The molecule has 3 aromatic heterocycles. The van der Waals surface area contributed by atoms with E-state index in [1.54, 1.807) is 12.3 Å². The molecule has 1 saturated carbocycles. The van der Waals surface area contributed by atoms with E-state index >= 15 is 0 Å². The molecule has 0 bridgehead atoms. The fourth-order valence-electron chi connectivity index (χ4n) is 4.52. The number of nitrogens with one attached hydrogen (secondary N) is 1. The number of carbonyl (C=O) groups is 1. The molecule has 4 rings (SSSR count). The summed E-state index contributed by atoms with van der Waals surface area (Å²) in [6, 6.07) is 6.44.